The Morgan fingerprint density at radius 2 is 0.575 bits per heavy atom. The number of hydrogen-bond acceptors (Lipinski definition) is 12. The van der Waals surface area contributed by atoms with Crippen molar-refractivity contribution in [1.29, 1.82) is 0 Å². The summed E-state index contributed by atoms with van der Waals surface area (Å²) < 4.78 is 32.9. The molecule has 0 aliphatic carbocycles. The number of aromatic nitrogens is 6. The molecule has 0 fully saturated rings. The van der Waals surface area contributed by atoms with E-state index in [-0.39, 0.29) is 62.5 Å². The number of rotatable bonds is 25. The molecule has 0 aliphatic rings. The third-order valence-corrected chi connectivity index (χ3v) is 4.97. The lowest BCUT2D eigenvalue weighted by Gasteiger charge is -2.09. The Morgan fingerprint density at radius 1 is 0.350 bits per heavy atom. The van der Waals surface area contributed by atoms with Crippen molar-refractivity contribution in [2.75, 3.05) is 39.6 Å². The van der Waals surface area contributed by atoms with Crippen molar-refractivity contribution in [3.05, 3.63) is 50.6 Å². The van der Waals surface area contributed by atoms with Crippen molar-refractivity contribution in [2.45, 2.75) is 51.4 Å². The van der Waals surface area contributed by atoms with Crippen LogP contribution in [0.3, 0.4) is 0 Å². The van der Waals surface area contributed by atoms with Gasteiger partial charge < -0.3 is 28.4 Å². The van der Waals surface area contributed by atoms with Gasteiger partial charge in [0.2, 0.25) is 0 Å². The third-order valence-electron chi connectivity index (χ3n) is 4.97. The van der Waals surface area contributed by atoms with Gasteiger partial charge in [0.1, 0.15) is 26.4 Å². The van der Waals surface area contributed by atoms with Crippen LogP contribution in [0.4, 0.5) is 0 Å². The minimum absolute atomic E-state index is 0.132. The van der Waals surface area contributed by atoms with Crippen molar-refractivity contribution in [3.63, 3.8) is 0 Å². The third kappa shape index (κ3) is 14.1. The molecule has 0 saturated carbocycles. The van der Waals surface area contributed by atoms with Crippen molar-refractivity contribution in [2.24, 2.45) is 0 Å². The van der Waals surface area contributed by atoms with Gasteiger partial charge in [-0.3, -0.25) is 0 Å². The summed E-state index contributed by atoms with van der Waals surface area (Å²) in [6.45, 7) is 16.6. The fourth-order valence-electron chi connectivity index (χ4n) is 3.15. The Labute approximate surface area is 236 Å². The topological polar surface area (TPSA) is 133 Å². The van der Waals surface area contributed by atoms with E-state index in [0.717, 1.165) is 51.4 Å². The Morgan fingerprint density at radius 3 is 0.825 bits per heavy atom. The van der Waals surface area contributed by atoms with Crippen molar-refractivity contribution in [1.82, 2.24) is 29.9 Å². The van der Waals surface area contributed by atoms with Gasteiger partial charge >= 0.3 is 36.1 Å². The minimum Gasteiger partial charge on any atom is -0.463 e. The first-order valence-electron chi connectivity index (χ1n) is 13.4. The lowest BCUT2D eigenvalue weighted by Crippen LogP contribution is -2.08. The van der Waals surface area contributed by atoms with Crippen LogP contribution in [-0.4, -0.2) is 69.5 Å². The summed E-state index contributed by atoms with van der Waals surface area (Å²) in [6, 6.07) is 0.876. The zero-order valence-electron chi connectivity index (χ0n) is 23.2. The first kappa shape index (κ1) is 32.0. The summed E-state index contributed by atoms with van der Waals surface area (Å²) in [4.78, 5) is 24.8. The maximum atomic E-state index is 5.68. The molecule has 0 aromatic carbocycles. The zero-order valence-corrected chi connectivity index (χ0v) is 23.2. The quantitative estimate of drug-likeness (QED) is 0.122. The standard InChI is InChI=1S/C28H40N6O6/c1-5-17-35-23-29-24(36-18-6-2)32-27(31-23)39-21-15-13-11-9-10-12-14-16-22-40-28-33-25(37-19-7-3)30-26(34-28)38-20-8-4/h5-8H,1-4,9-22H2. The molecule has 0 bridgehead atoms. The molecular formula is C28H40N6O6. The number of ether oxygens (including phenoxy) is 6. The van der Waals surface area contributed by atoms with E-state index in [2.05, 4.69) is 56.2 Å². The van der Waals surface area contributed by atoms with Gasteiger partial charge in [-0.25, -0.2) is 0 Å². The van der Waals surface area contributed by atoms with Crippen LogP contribution in [0.5, 0.6) is 36.1 Å². The average Bonchev–Trinajstić information content (AvgIpc) is 2.97. The van der Waals surface area contributed by atoms with Gasteiger partial charge in [0, 0.05) is 0 Å². The van der Waals surface area contributed by atoms with Crippen LogP contribution in [0, 0.1) is 0 Å². The molecule has 0 unspecified atom stereocenters. The summed E-state index contributed by atoms with van der Waals surface area (Å²) in [7, 11) is 0. The second-order valence-electron chi connectivity index (χ2n) is 8.29. The van der Waals surface area contributed by atoms with Gasteiger partial charge in [-0.15, -0.1) is 29.9 Å². The van der Waals surface area contributed by atoms with E-state index in [1.54, 1.807) is 24.3 Å². The Bertz CT molecular complexity index is 896. The van der Waals surface area contributed by atoms with Crippen LogP contribution in [0.2, 0.25) is 0 Å². The van der Waals surface area contributed by atoms with E-state index >= 15 is 0 Å². The lowest BCUT2D eigenvalue weighted by atomic mass is 10.1. The molecule has 12 nitrogen and oxygen atoms in total. The predicted molar refractivity (Wildman–Crippen MR) is 150 cm³/mol. The van der Waals surface area contributed by atoms with Crippen molar-refractivity contribution in [3.8, 4) is 36.1 Å². The molecule has 0 radical (unpaired) electrons. The lowest BCUT2D eigenvalue weighted by molar-refractivity contribution is 0.247. The summed E-state index contributed by atoms with van der Waals surface area (Å²) in [5.41, 5.74) is 0. The molecule has 40 heavy (non-hydrogen) atoms. The maximum Gasteiger partial charge on any atom is 0.326 e. The molecule has 2 heterocycles. The SMILES string of the molecule is C=CCOc1nc(OCC=C)nc(OCCCCCCCCCCOc2nc(OCC=C)nc(OCC=C)n2)n1. The average molecular weight is 557 g/mol. The largest absolute Gasteiger partial charge is 0.463 e. The highest BCUT2D eigenvalue weighted by atomic mass is 16.5. The molecule has 2 aromatic rings. The highest BCUT2D eigenvalue weighted by molar-refractivity contribution is 5.10. The highest BCUT2D eigenvalue weighted by Crippen LogP contribution is 2.17. The second kappa shape index (κ2) is 20.7. The van der Waals surface area contributed by atoms with Crippen LogP contribution in [-0.2, 0) is 0 Å². The van der Waals surface area contributed by atoms with E-state index in [9.17, 15) is 0 Å². The molecule has 218 valence electrons. The molecule has 12 heteroatoms. The van der Waals surface area contributed by atoms with E-state index in [4.69, 9.17) is 28.4 Å². The fraction of sp³-hybridized carbons (Fsp3) is 0.500. The number of nitrogens with zero attached hydrogens (tertiary/aromatic N) is 6. The monoisotopic (exact) mass is 556 g/mol. The van der Waals surface area contributed by atoms with E-state index in [0.29, 0.717) is 13.2 Å². The normalized spacial score (nSPS) is 10.3. The van der Waals surface area contributed by atoms with E-state index in [1.807, 2.05) is 0 Å². The molecule has 2 rings (SSSR count). The smallest absolute Gasteiger partial charge is 0.326 e. The summed E-state index contributed by atoms with van der Waals surface area (Å²) in [5.74, 6) is 0. The van der Waals surface area contributed by atoms with Crippen molar-refractivity contribution >= 4 is 0 Å². The number of hydrogen-bond donors (Lipinski definition) is 0. The van der Waals surface area contributed by atoms with Crippen LogP contribution >= 0.6 is 0 Å². The Kier molecular flexibility index (Phi) is 16.6. The molecular weight excluding hydrogens is 516 g/mol. The molecule has 0 atom stereocenters. The predicted octanol–water partition coefficient (Wildman–Crippen LogP) is 4.89. The minimum atomic E-state index is 0.132. The molecule has 0 aliphatic heterocycles. The molecule has 0 saturated heterocycles. The molecule has 0 amide bonds. The summed E-state index contributed by atoms with van der Waals surface area (Å²) in [5, 5.41) is 0. The second-order valence-corrected chi connectivity index (χ2v) is 8.29. The number of unbranched alkanes of at least 4 members (excludes halogenated alkanes) is 7. The van der Waals surface area contributed by atoms with E-state index < -0.39 is 0 Å². The van der Waals surface area contributed by atoms with Gasteiger partial charge in [-0.05, 0) is 12.8 Å². The van der Waals surface area contributed by atoms with Gasteiger partial charge in [-0.2, -0.15) is 0 Å². The molecule has 2 aromatic heterocycles. The first-order chi connectivity index (χ1) is 19.7. The van der Waals surface area contributed by atoms with Crippen LogP contribution < -0.4 is 28.4 Å². The highest BCUT2D eigenvalue weighted by Gasteiger charge is 2.11. The fourth-order valence-corrected chi connectivity index (χ4v) is 3.15. The maximum absolute atomic E-state index is 5.68. The van der Waals surface area contributed by atoms with Gasteiger partial charge in [0.15, 0.2) is 0 Å². The molecule has 0 N–H and O–H groups in total. The molecule has 0 spiro atoms. The van der Waals surface area contributed by atoms with Crippen LogP contribution in [0.1, 0.15) is 51.4 Å². The van der Waals surface area contributed by atoms with Gasteiger partial charge in [0.05, 0.1) is 13.2 Å². The van der Waals surface area contributed by atoms with Crippen LogP contribution in [0.25, 0.3) is 0 Å². The first-order valence-corrected chi connectivity index (χ1v) is 13.4. The van der Waals surface area contributed by atoms with E-state index in [1.165, 1.54) is 0 Å². The van der Waals surface area contributed by atoms with Crippen LogP contribution in [0.15, 0.2) is 50.6 Å². The zero-order chi connectivity index (χ0) is 28.7. The van der Waals surface area contributed by atoms with Crippen molar-refractivity contribution < 1.29 is 28.4 Å². The summed E-state index contributed by atoms with van der Waals surface area (Å²) >= 11 is 0. The Hall–Kier alpha value is -4.22. The van der Waals surface area contributed by atoms with Gasteiger partial charge in [0.25, 0.3) is 0 Å². The van der Waals surface area contributed by atoms with Gasteiger partial charge in [-0.1, -0.05) is 89.1 Å². The summed E-state index contributed by atoms with van der Waals surface area (Å²) in [6.07, 6.45) is 14.9. The Balaban J connectivity index is 1.57.